The fraction of sp³-hybridized carbons (Fsp3) is 0.375. The van der Waals surface area contributed by atoms with E-state index in [9.17, 15) is 13.2 Å². The Labute approximate surface area is 86.2 Å². The van der Waals surface area contributed by atoms with Crippen molar-refractivity contribution in [3.8, 4) is 0 Å². The lowest BCUT2D eigenvalue weighted by molar-refractivity contribution is 0.102. The van der Waals surface area contributed by atoms with Crippen LogP contribution in [0.1, 0.15) is 15.2 Å². The molecule has 0 N–H and O–H groups in total. The quantitative estimate of drug-likeness (QED) is 0.670. The third-order valence-corrected chi connectivity index (χ3v) is 5.04. The molecule has 14 heavy (non-hydrogen) atoms. The maximum Gasteiger partial charge on any atom is 0.243 e. The van der Waals surface area contributed by atoms with Crippen LogP contribution in [-0.2, 0) is 10.0 Å². The van der Waals surface area contributed by atoms with Gasteiger partial charge in [-0.15, -0.1) is 11.3 Å². The highest BCUT2D eigenvalue weighted by molar-refractivity contribution is 7.93. The fourth-order valence-corrected chi connectivity index (χ4v) is 3.78. The van der Waals surface area contributed by atoms with Gasteiger partial charge in [-0.2, -0.15) is 0 Å². The number of anilines is 1. The highest BCUT2D eigenvalue weighted by Crippen LogP contribution is 2.35. The van der Waals surface area contributed by atoms with Crippen molar-refractivity contribution in [1.29, 1.82) is 0 Å². The van der Waals surface area contributed by atoms with E-state index in [2.05, 4.69) is 0 Å². The molecule has 0 unspecified atom stereocenters. The van der Waals surface area contributed by atoms with Gasteiger partial charge in [0.25, 0.3) is 0 Å². The summed E-state index contributed by atoms with van der Waals surface area (Å²) in [7, 11) is -1.93. The minimum absolute atomic E-state index is 0.303. The molecule has 76 valence electrons. The van der Waals surface area contributed by atoms with Crippen molar-refractivity contribution in [3.05, 3.63) is 16.5 Å². The maximum absolute atomic E-state index is 11.5. The van der Waals surface area contributed by atoms with Crippen molar-refractivity contribution < 1.29 is 13.2 Å². The number of carbonyl (C=O) groups is 1. The molecule has 0 spiro atoms. The predicted octanol–water partition coefficient (Wildman–Crippen LogP) is 1.02. The summed E-state index contributed by atoms with van der Waals surface area (Å²) in [5, 5.41) is 0.541. The van der Waals surface area contributed by atoms with Crippen molar-refractivity contribution in [2.75, 3.05) is 17.1 Å². The summed E-state index contributed by atoms with van der Waals surface area (Å²) >= 11 is 1.33. The van der Waals surface area contributed by atoms with Crippen LogP contribution in [0.15, 0.2) is 6.07 Å². The number of ketones is 1. The second kappa shape index (κ2) is 2.80. The van der Waals surface area contributed by atoms with Gasteiger partial charge in [0.05, 0.1) is 5.56 Å². The Bertz CT molecular complexity index is 501. The Morgan fingerprint density at radius 3 is 2.79 bits per heavy atom. The summed E-state index contributed by atoms with van der Waals surface area (Å²) in [5.74, 6) is -0.713. The van der Waals surface area contributed by atoms with Gasteiger partial charge in [0.1, 0.15) is 10.8 Å². The van der Waals surface area contributed by atoms with Gasteiger partial charge in [-0.3, -0.25) is 9.10 Å². The van der Waals surface area contributed by atoms with E-state index in [4.69, 9.17) is 0 Å². The van der Waals surface area contributed by atoms with Gasteiger partial charge in [0, 0.05) is 11.9 Å². The van der Waals surface area contributed by atoms with Gasteiger partial charge in [-0.25, -0.2) is 8.42 Å². The lowest BCUT2D eigenvalue weighted by atomic mass is 10.2. The number of carbonyl (C=O) groups excluding carboxylic acids is 1. The topological polar surface area (TPSA) is 54.5 Å². The highest BCUT2D eigenvalue weighted by Gasteiger charge is 2.33. The highest BCUT2D eigenvalue weighted by atomic mass is 32.2. The van der Waals surface area contributed by atoms with Crippen LogP contribution >= 0.6 is 11.3 Å². The number of fused-ring (bicyclic) bond motifs is 1. The van der Waals surface area contributed by atoms with Crippen LogP contribution in [0, 0.1) is 6.92 Å². The normalized spacial score (nSPS) is 19.6. The van der Waals surface area contributed by atoms with Crippen molar-refractivity contribution in [2.24, 2.45) is 0 Å². The lowest BCUT2D eigenvalue weighted by Crippen LogP contribution is -2.36. The van der Waals surface area contributed by atoms with E-state index in [1.807, 2.05) is 6.92 Å². The molecule has 6 heteroatoms. The largest absolute Gasteiger partial charge is 0.293 e. The second-order valence-corrected chi connectivity index (χ2v) is 6.46. The molecule has 0 aliphatic carbocycles. The van der Waals surface area contributed by atoms with Gasteiger partial charge < -0.3 is 0 Å². The zero-order valence-corrected chi connectivity index (χ0v) is 9.41. The average molecular weight is 231 g/mol. The summed E-state index contributed by atoms with van der Waals surface area (Å²) < 4.78 is 24.1. The first kappa shape index (κ1) is 9.67. The van der Waals surface area contributed by atoms with Crippen LogP contribution < -0.4 is 4.31 Å². The number of aryl methyl sites for hydroxylation is 1. The number of hydrogen-bond acceptors (Lipinski definition) is 4. The fourth-order valence-electron chi connectivity index (χ4n) is 1.40. The van der Waals surface area contributed by atoms with E-state index in [-0.39, 0.29) is 5.78 Å². The first-order chi connectivity index (χ1) is 6.42. The number of nitrogens with zero attached hydrogens (tertiary/aromatic N) is 1. The summed E-state index contributed by atoms with van der Waals surface area (Å²) in [4.78, 5) is 12.4. The van der Waals surface area contributed by atoms with Gasteiger partial charge in [-0.05, 0) is 13.0 Å². The monoisotopic (exact) mass is 231 g/mol. The lowest BCUT2D eigenvalue weighted by Gasteiger charge is -2.22. The van der Waals surface area contributed by atoms with Gasteiger partial charge >= 0.3 is 0 Å². The van der Waals surface area contributed by atoms with Gasteiger partial charge in [0.2, 0.25) is 10.0 Å². The van der Waals surface area contributed by atoms with E-state index >= 15 is 0 Å². The van der Waals surface area contributed by atoms with E-state index in [1.165, 1.54) is 22.7 Å². The van der Waals surface area contributed by atoms with Crippen molar-refractivity contribution in [3.63, 3.8) is 0 Å². The molecule has 1 aromatic heterocycles. The Morgan fingerprint density at radius 1 is 1.50 bits per heavy atom. The summed E-state index contributed by atoms with van der Waals surface area (Å²) in [6, 6.07) is 1.74. The third kappa shape index (κ3) is 1.26. The van der Waals surface area contributed by atoms with Crippen LogP contribution in [0.2, 0.25) is 0 Å². The maximum atomic E-state index is 11.5. The van der Waals surface area contributed by atoms with E-state index in [0.717, 1.165) is 4.88 Å². The number of thiophene rings is 1. The van der Waals surface area contributed by atoms with E-state index in [1.54, 1.807) is 6.07 Å². The number of hydrogen-bond donors (Lipinski definition) is 0. The number of Topliss-reactive ketones (excluding diaryl/α,β-unsaturated/α-hetero) is 1. The van der Waals surface area contributed by atoms with Crippen LogP contribution in [-0.4, -0.2) is 27.0 Å². The average Bonchev–Trinajstić information content (AvgIpc) is 2.43. The molecule has 4 nitrogen and oxygen atoms in total. The Morgan fingerprint density at radius 2 is 2.14 bits per heavy atom. The molecule has 0 bridgehead atoms. The first-order valence-electron chi connectivity index (χ1n) is 4.02. The molecule has 0 saturated carbocycles. The molecule has 0 amide bonds. The van der Waals surface area contributed by atoms with Gasteiger partial charge in [-0.1, -0.05) is 0 Å². The van der Waals surface area contributed by atoms with Crippen molar-refractivity contribution in [1.82, 2.24) is 0 Å². The molecule has 1 aliphatic heterocycles. The first-order valence-corrected chi connectivity index (χ1v) is 6.44. The molecular weight excluding hydrogens is 222 g/mol. The summed E-state index contributed by atoms with van der Waals surface area (Å²) in [6.07, 6.45) is 0. The number of sulfonamides is 1. The molecule has 0 atom stereocenters. The summed E-state index contributed by atoms with van der Waals surface area (Å²) in [6.45, 7) is 1.86. The minimum Gasteiger partial charge on any atom is -0.293 e. The van der Waals surface area contributed by atoms with Crippen LogP contribution in [0.4, 0.5) is 5.00 Å². The minimum atomic E-state index is -3.42. The molecule has 0 fully saturated rings. The number of rotatable bonds is 0. The Hall–Kier alpha value is -0.880. The van der Waals surface area contributed by atoms with Gasteiger partial charge in [0.15, 0.2) is 5.78 Å². The van der Waals surface area contributed by atoms with Crippen LogP contribution in [0.25, 0.3) is 0 Å². The molecular formula is C8H9NO3S2. The van der Waals surface area contributed by atoms with Crippen molar-refractivity contribution in [2.45, 2.75) is 6.92 Å². The third-order valence-electron chi connectivity index (χ3n) is 2.15. The molecule has 0 aromatic carbocycles. The molecule has 1 aliphatic rings. The van der Waals surface area contributed by atoms with Crippen LogP contribution in [0.5, 0.6) is 0 Å². The smallest absolute Gasteiger partial charge is 0.243 e. The zero-order valence-electron chi connectivity index (χ0n) is 7.77. The molecule has 2 rings (SSSR count). The molecule has 1 aromatic rings. The van der Waals surface area contributed by atoms with E-state index < -0.39 is 15.8 Å². The summed E-state index contributed by atoms with van der Waals surface area (Å²) in [5.41, 5.74) is 0.532. The molecule has 2 heterocycles. The Kier molecular flexibility index (Phi) is 1.94. The van der Waals surface area contributed by atoms with Crippen molar-refractivity contribution >= 4 is 32.1 Å². The second-order valence-electron chi connectivity index (χ2n) is 3.22. The predicted molar refractivity (Wildman–Crippen MR) is 55.6 cm³/mol. The van der Waals surface area contributed by atoms with E-state index in [0.29, 0.717) is 10.6 Å². The zero-order chi connectivity index (χ0) is 10.5. The molecule has 0 radical (unpaired) electrons. The Balaban J connectivity index is 2.68. The molecule has 0 saturated heterocycles. The van der Waals surface area contributed by atoms with Crippen LogP contribution in [0.3, 0.4) is 0 Å². The standard InChI is InChI=1S/C8H9NO3S2/c1-5-3-6-7(10)4-14(11,12)9(2)8(6)13-5/h3H,4H2,1-2H3. The SMILES string of the molecule is Cc1cc2c(s1)N(C)S(=O)(=O)CC2=O.